The number of likely N-dealkylation sites (N-methyl/N-ethyl adjacent to an activating group) is 1. The molecule has 0 heterocycles. The van der Waals surface area contributed by atoms with E-state index in [0.29, 0.717) is 0 Å². The van der Waals surface area contributed by atoms with Crippen LogP contribution in [0.15, 0.2) is 36.1 Å². The van der Waals surface area contributed by atoms with Crippen LogP contribution in [-0.4, -0.2) is 14.1 Å². The van der Waals surface area contributed by atoms with Crippen LogP contribution >= 0.6 is 0 Å². The molecule has 1 heteroatoms. The summed E-state index contributed by atoms with van der Waals surface area (Å²) in [6.45, 7) is 7.87. The number of rotatable bonds is 3. The maximum absolute atomic E-state index is 3.84. The minimum atomic E-state index is 1.10. The molecule has 62 valence electrons. The van der Waals surface area contributed by atoms with Crippen molar-refractivity contribution >= 4 is 0 Å². The van der Waals surface area contributed by atoms with Crippen LogP contribution in [0.25, 0.3) is 0 Å². The summed E-state index contributed by atoms with van der Waals surface area (Å²) in [6.07, 6.45) is 6.24. The number of hydrogen-bond acceptors (Lipinski definition) is 0. The third-order valence-corrected chi connectivity index (χ3v) is 1.33. The molecular formula is C10H18N+. The SMILES string of the molecule is C=C(C)/C=C(\C=C/C)[NH+](C)C. The molecule has 0 rings (SSSR count). The predicted octanol–water partition coefficient (Wildman–Crippen LogP) is 1.17. The van der Waals surface area contributed by atoms with Crippen molar-refractivity contribution in [1.29, 1.82) is 0 Å². The first-order valence-electron chi connectivity index (χ1n) is 3.88. The average molecular weight is 152 g/mol. The van der Waals surface area contributed by atoms with Crippen molar-refractivity contribution in [2.75, 3.05) is 14.1 Å². The van der Waals surface area contributed by atoms with E-state index in [1.165, 1.54) is 10.6 Å². The summed E-state index contributed by atoms with van der Waals surface area (Å²) in [7, 11) is 4.21. The molecule has 0 bridgehead atoms. The third kappa shape index (κ3) is 4.57. The smallest absolute Gasteiger partial charge is 0.130 e. The van der Waals surface area contributed by atoms with Gasteiger partial charge in [0.05, 0.1) is 14.1 Å². The van der Waals surface area contributed by atoms with Gasteiger partial charge in [0.2, 0.25) is 0 Å². The standard InChI is InChI=1S/C10H17N/c1-6-7-10(11(4)5)8-9(2)3/h6-8H,2H2,1,3-5H3/p+1/b7-6-,10-8+. The van der Waals surface area contributed by atoms with E-state index in [-0.39, 0.29) is 0 Å². The molecule has 0 saturated carbocycles. The molecule has 0 aliphatic rings. The zero-order valence-corrected chi connectivity index (χ0v) is 7.94. The van der Waals surface area contributed by atoms with Crippen molar-refractivity contribution in [3.63, 3.8) is 0 Å². The van der Waals surface area contributed by atoms with E-state index in [2.05, 4.69) is 32.8 Å². The fourth-order valence-electron chi connectivity index (χ4n) is 0.804. The summed E-state index contributed by atoms with van der Waals surface area (Å²) in [5, 5.41) is 0. The van der Waals surface area contributed by atoms with Crippen molar-refractivity contribution in [2.45, 2.75) is 13.8 Å². The second-order valence-electron chi connectivity index (χ2n) is 2.95. The van der Waals surface area contributed by atoms with Crippen molar-refractivity contribution in [1.82, 2.24) is 0 Å². The quantitative estimate of drug-likeness (QED) is 0.579. The van der Waals surface area contributed by atoms with Gasteiger partial charge in [-0.1, -0.05) is 18.2 Å². The maximum atomic E-state index is 3.84. The van der Waals surface area contributed by atoms with Crippen LogP contribution in [0.3, 0.4) is 0 Å². The van der Waals surface area contributed by atoms with Gasteiger partial charge in [0.15, 0.2) is 0 Å². The Morgan fingerprint density at radius 3 is 2.18 bits per heavy atom. The average Bonchev–Trinajstić information content (AvgIpc) is 1.86. The minimum Gasteiger partial charge on any atom is -0.307 e. The van der Waals surface area contributed by atoms with Gasteiger partial charge in [-0.05, 0) is 19.9 Å². The Hall–Kier alpha value is -0.820. The molecule has 1 N–H and O–H groups in total. The van der Waals surface area contributed by atoms with Crippen LogP contribution in [0.2, 0.25) is 0 Å². The summed E-state index contributed by atoms with van der Waals surface area (Å²) in [4.78, 5) is 1.33. The van der Waals surface area contributed by atoms with Crippen LogP contribution in [0.4, 0.5) is 0 Å². The summed E-state index contributed by atoms with van der Waals surface area (Å²) in [6, 6.07) is 0. The molecule has 0 aromatic carbocycles. The molecule has 1 nitrogen and oxygen atoms in total. The van der Waals surface area contributed by atoms with Gasteiger partial charge in [0.1, 0.15) is 5.70 Å². The second kappa shape index (κ2) is 4.91. The Balaban J connectivity index is 4.46. The van der Waals surface area contributed by atoms with Crippen LogP contribution < -0.4 is 4.90 Å². The van der Waals surface area contributed by atoms with Crippen LogP contribution in [-0.2, 0) is 0 Å². The van der Waals surface area contributed by atoms with Gasteiger partial charge >= 0.3 is 0 Å². The van der Waals surface area contributed by atoms with Crippen molar-refractivity contribution in [2.24, 2.45) is 0 Å². The molecule has 0 aromatic rings. The molecule has 0 atom stereocenters. The van der Waals surface area contributed by atoms with E-state index in [1.807, 2.05) is 19.9 Å². The lowest BCUT2D eigenvalue weighted by molar-refractivity contribution is -0.813. The highest BCUT2D eigenvalue weighted by Crippen LogP contribution is 1.94. The zero-order chi connectivity index (χ0) is 8.85. The first-order valence-corrected chi connectivity index (χ1v) is 3.88. The van der Waals surface area contributed by atoms with E-state index in [4.69, 9.17) is 0 Å². The monoisotopic (exact) mass is 152 g/mol. The Labute approximate surface area is 69.7 Å². The van der Waals surface area contributed by atoms with Crippen molar-refractivity contribution in [3.8, 4) is 0 Å². The second-order valence-corrected chi connectivity index (χ2v) is 2.95. The van der Waals surface area contributed by atoms with Crippen LogP contribution in [0.1, 0.15) is 13.8 Å². The molecule has 0 aromatic heterocycles. The molecule has 0 saturated heterocycles. The molecule has 0 unspecified atom stereocenters. The van der Waals surface area contributed by atoms with E-state index in [1.54, 1.807) is 0 Å². The Bertz CT molecular complexity index is 185. The molecule has 0 fully saturated rings. The molecule has 0 amide bonds. The molecule has 0 aliphatic carbocycles. The lowest BCUT2D eigenvalue weighted by Crippen LogP contribution is -3.03. The van der Waals surface area contributed by atoms with Gasteiger partial charge in [-0.3, -0.25) is 0 Å². The van der Waals surface area contributed by atoms with Crippen LogP contribution in [0.5, 0.6) is 0 Å². The van der Waals surface area contributed by atoms with Crippen molar-refractivity contribution in [3.05, 3.63) is 36.1 Å². The predicted molar refractivity (Wildman–Crippen MR) is 50.5 cm³/mol. The first kappa shape index (κ1) is 10.2. The molecule has 0 spiro atoms. The van der Waals surface area contributed by atoms with E-state index >= 15 is 0 Å². The Kier molecular flexibility index (Phi) is 4.55. The molecule has 0 aliphatic heterocycles. The van der Waals surface area contributed by atoms with Gasteiger partial charge in [0.25, 0.3) is 0 Å². The molecule has 0 radical (unpaired) electrons. The highest BCUT2D eigenvalue weighted by Gasteiger charge is 1.98. The van der Waals surface area contributed by atoms with Gasteiger partial charge in [-0.2, -0.15) is 0 Å². The number of nitrogens with one attached hydrogen (secondary N) is 1. The largest absolute Gasteiger partial charge is 0.307 e. The van der Waals surface area contributed by atoms with Gasteiger partial charge < -0.3 is 4.90 Å². The third-order valence-electron chi connectivity index (χ3n) is 1.33. The Morgan fingerprint density at radius 1 is 1.36 bits per heavy atom. The van der Waals surface area contributed by atoms with E-state index in [9.17, 15) is 0 Å². The normalized spacial score (nSPS) is 13.0. The van der Waals surface area contributed by atoms with E-state index < -0.39 is 0 Å². The number of hydrogen-bond donors (Lipinski definition) is 1. The molecular weight excluding hydrogens is 134 g/mol. The summed E-state index contributed by atoms with van der Waals surface area (Å²) in [5.41, 5.74) is 2.36. The fourth-order valence-corrected chi connectivity index (χ4v) is 0.804. The van der Waals surface area contributed by atoms with Crippen molar-refractivity contribution < 1.29 is 4.90 Å². The lowest BCUT2D eigenvalue weighted by atomic mass is 10.2. The topological polar surface area (TPSA) is 4.44 Å². The lowest BCUT2D eigenvalue weighted by Gasteiger charge is -2.06. The summed E-state index contributed by atoms with van der Waals surface area (Å²) >= 11 is 0. The van der Waals surface area contributed by atoms with Crippen LogP contribution in [0, 0.1) is 0 Å². The highest BCUT2D eigenvalue weighted by molar-refractivity contribution is 5.21. The zero-order valence-electron chi connectivity index (χ0n) is 7.94. The summed E-state index contributed by atoms with van der Waals surface area (Å²) < 4.78 is 0. The number of quaternary nitrogens is 1. The fraction of sp³-hybridized carbons (Fsp3) is 0.400. The number of allylic oxidation sites excluding steroid dienone is 4. The summed E-state index contributed by atoms with van der Waals surface area (Å²) in [5.74, 6) is 0. The Morgan fingerprint density at radius 2 is 1.91 bits per heavy atom. The molecule has 11 heavy (non-hydrogen) atoms. The minimum absolute atomic E-state index is 1.10. The van der Waals surface area contributed by atoms with Gasteiger partial charge in [0, 0.05) is 6.08 Å². The first-order chi connectivity index (χ1) is 5.07. The van der Waals surface area contributed by atoms with Gasteiger partial charge in [-0.15, -0.1) is 0 Å². The van der Waals surface area contributed by atoms with E-state index in [0.717, 1.165) is 5.57 Å². The maximum Gasteiger partial charge on any atom is 0.130 e. The highest BCUT2D eigenvalue weighted by atomic mass is 15.1. The van der Waals surface area contributed by atoms with Gasteiger partial charge in [-0.25, -0.2) is 0 Å².